The normalized spacial score (nSPS) is 24.6. The zero-order chi connectivity index (χ0) is 21.0. The summed E-state index contributed by atoms with van der Waals surface area (Å²) in [4.78, 5) is 29.8. The molecule has 3 aliphatic rings. The van der Waals surface area contributed by atoms with Crippen LogP contribution in [0.25, 0.3) is 0 Å². The largest absolute Gasteiger partial charge is 0.497 e. The van der Waals surface area contributed by atoms with Crippen LogP contribution in [0.3, 0.4) is 0 Å². The van der Waals surface area contributed by atoms with Crippen LogP contribution in [0.4, 0.5) is 5.69 Å². The van der Waals surface area contributed by atoms with Gasteiger partial charge in [0.2, 0.25) is 11.8 Å². The number of carbonyl (C=O) groups excluding carboxylic acids is 2. The number of hydrogen-bond donors (Lipinski definition) is 1. The van der Waals surface area contributed by atoms with Crippen LogP contribution in [0.2, 0.25) is 0 Å². The van der Waals surface area contributed by atoms with E-state index >= 15 is 0 Å². The number of anilines is 1. The number of morpholine rings is 1. The monoisotopic (exact) mass is 415 g/mol. The molecule has 1 aromatic carbocycles. The number of methoxy groups -OCH3 is 1. The summed E-state index contributed by atoms with van der Waals surface area (Å²) in [6.45, 7) is 4.48. The first kappa shape index (κ1) is 21.1. The second-order valence-corrected chi connectivity index (χ2v) is 8.71. The van der Waals surface area contributed by atoms with Crippen LogP contribution in [0.15, 0.2) is 24.3 Å². The van der Waals surface area contributed by atoms with Gasteiger partial charge in [-0.3, -0.25) is 14.5 Å². The van der Waals surface area contributed by atoms with Gasteiger partial charge in [-0.05, 0) is 25.0 Å². The predicted molar refractivity (Wildman–Crippen MR) is 115 cm³/mol. The van der Waals surface area contributed by atoms with E-state index in [0.29, 0.717) is 18.8 Å². The molecule has 3 fully saturated rings. The van der Waals surface area contributed by atoms with E-state index in [1.807, 2.05) is 24.3 Å². The van der Waals surface area contributed by atoms with Crippen molar-refractivity contribution in [3.05, 3.63) is 24.3 Å². The van der Waals surface area contributed by atoms with Gasteiger partial charge in [0.05, 0.1) is 26.2 Å². The third kappa shape index (κ3) is 4.47. The third-order valence-corrected chi connectivity index (χ3v) is 6.92. The van der Waals surface area contributed by atoms with Crippen LogP contribution in [-0.2, 0) is 14.3 Å². The van der Waals surface area contributed by atoms with E-state index in [1.54, 1.807) is 12.0 Å². The average molecular weight is 416 g/mol. The maximum atomic E-state index is 13.0. The highest BCUT2D eigenvalue weighted by Gasteiger charge is 2.40. The smallest absolute Gasteiger partial charge is 0.227 e. The lowest BCUT2D eigenvalue weighted by Crippen LogP contribution is -2.60. The van der Waals surface area contributed by atoms with Crippen molar-refractivity contribution in [2.24, 2.45) is 5.92 Å². The summed E-state index contributed by atoms with van der Waals surface area (Å²) in [5, 5.41) is 3.22. The highest BCUT2D eigenvalue weighted by atomic mass is 16.5. The minimum Gasteiger partial charge on any atom is -0.497 e. The summed E-state index contributed by atoms with van der Waals surface area (Å²) >= 11 is 0. The summed E-state index contributed by atoms with van der Waals surface area (Å²) in [5.74, 6) is 0.378. The number of rotatable bonds is 6. The van der Waals surface area contributed by atoms with Crippen LogP contribution >= 0.6 is 0 Å². The Balaban J connectivity index is 1.39. The number of hydrogen-bond acceptors (Lipinski definition) is 5. The summed E-state index contributed by atoms with van der Waals surface area (Å²) in [7, 11) is 1.61. The fraction of sp³-hybridized carbons (Fsp3) is 0.652. The van der Waals surface area contributed by atoms with Gasteiger partial charge in [0.15, 0.2) is 0 Å². The zero-order valence-electron chi connectivity index (χ0n) is 17.9. The van der Waals surface area contributed by atoms with Gasteiger partial charge in [-0.25, -0.2) is 0 Å². The van der Waals surface area contributed by atoms with Crippen molar-refractivity contribution in [1.82, 2.24) is 10.2 Å². The Hall–Kier alpha value is -2.12. The minimum absolute atomic E-state index is 0.00745. The molecule has 0 aromatic heterocycles. The zero-order valence-corrected chi connectivity index (χ0v) is 17.9. The second-order valence-electron chi connectivity index (χ2n) is 8.71. The van der Waals surface area contributed by atoms with Gasteiger partial charge >= 0.3 is 0 Å². The highest BCUT2D eigenvalue weighted by molar-refractivity contribution is 6.00. The van der Waals surface area contributed by atoms with Crippen molar-refractivity contribution in [3.8, 4) is 5.75 Å². The lowest BCUT2D eigenvalue weighted by molar-refractivity contribution is -0.127. The van der Waals surface area contributed by atoms with E-state index in [4.69, 9.17) is 9.47 Å². The van der Waals surface area contributed by atoms with Crippen LogP contribution in [0.5, 0.6) is 5.75 Å². The van der Waals surface area contributed by atoms with Crippen molar-refractivity contribution in [2.45, 2.75) is 44.1 Å². The van der Waals surface area contributed by atoms with Crippen molar-refractivity contribution in [1.29, 1.82) is 0 Å². The molecule has 1 N–H and O–H groups in total. The summed E-state index contributed by atoms with van der Waals surface area (Å²) in [5.41, 5.74) is 0.819. The number of amides is 2. The molecule has 1 atom stereocenters. The van der Waals surface area contributed by atoms with Gasteiger partial charge in [0, 0.05) is 49.9 Å². The average Bonchev–Trinajstić information content (AvgIpc) is 3.20. The van der Waals surface area contributed by atoms with E-state index in [2.05, 4.69) is 10.2 Å². The fourth-order valence-corrected chi connectivity index (χ4v) is 5.16. The van der Waals surface area contributed by atoms with E-state index in [1.165, 1.54) is 19.3 Å². The molecule has 1 aliphatic carbocycles. The topological polar surface area (TPSA) is 71.1 Å². The van der Waals surface area contributed by atoms with Gasteiger partial charge < -0.3 is 19.7 Å². The molecule has 2 saturated heterocycles. The molecule has 2 aliphatic heterocycles. The molecule has 164 valence electrons. The summed E-state index contributed by atoms with van der Waals surface area (Å²) in [6.07, 6.45) is 6.18. The maximum Gasteiger partial charge on any atom is 0.227 e. The molecule has 0 spiro atoms. The Labute approximate surface area is 178 Å². The van der Waals surface area contributed by atoms with Gasteiger partial charge in [0.25, 0.3) is 0 Å². The molecule has 0 bridgehead atoms. The molecule has 4 rings (SSSR count). The van der Waals surface area contributed by atoms with Crippen LogP contribution in [0, 0.1) is 5.92 Å². The maximum absolute atomic E-state index is 13.0. The van der Waals surface area contributed by atoms with Crippen molar-refractivity contribution in [2.75, 3.05) is 51.4 Å². The summed E-state index contributed by atoms with van der Waals surface area (Å²) in [6, 6.07) is 7.44. The lowest BCUT2D eigenvalue weighted by atomic mass is 9.79. The molecule has 2 heterocycles. The van der Waals surface area contributed by atoms with Crippen molar-refractivity contribution in [3.63, 3.8) is 0 Å². The molecule has 1 aromatic rings. The fourth-order valence-electron chi connectivity index (χ4n) is 5.16. The standard InChI is InChI=1S/C23H33N3O4/c1-29-20-7-5-6-19(15-20)26-16-18(14-21(26)27)22(28)24-17-23(8-3-2-4-9-23)25-10-12-30-13-11-25/h5-7,15,18H,2-4,8-14,16-17H2,1H3,(H,24,28)/t18-/m0/s1. The Morgan fingerprint density at radius 3 is 2.73 bits per heavy atom. The van der Waals surface area contributed by atoms with Gasteiger partial charge in [0.1, 0.15) is 5.75 Å². The van der Waals surface area contributed by atoms with Gasteiger partial charge in [-0.1, -0.05) is 25.3 Å². The molecule has 0 radical (unpaired) electrons. The summed E-state index contributed by atoms with van der Waals surface area (Å²) < 4.78 is 10.8. The van der Waals surface area contributed by atoms with E-state index in [0.717, 1.165) is 44.8 Å². The number of carbonyl (C=O) groups is 2. The number of nitrogens with zero attached hydrogens (tertiary/aromatic N) is 2. The van der Waals surface area contributed by atoms with Crippen molar-refractivity contribution < 1.29 is 19.1 Å². The lowest BCUT2D eigenvalue weighted by Gasteiger charge is -2.48. The van der Waals surface area contributed by atoms with Crippen molar-refractivity contribution >= 4 is 17.5 Å². The third-order valence-electron chi connectivity index (χ3n) is 6.92. The van der Waals surface area contributed by atoms with E-state index < -0.39 is 0 Å². The Morgan fingerprint density at radius 2 is 2.00 bits per heavy atom. The molecule has 0 unspecified atom stereocenters. The van der Waals surface area contributed by atoms with Crippen LogP contribution < -0.4 is 15.0 Å². The Bertz CT molecular complexity index is 757. The molecule has 1 saturated carbocycles. The quantitative estimate of drug-likeness (QED) is 0.771. The van der Waals surface area contributed by atoms with Gasteiger partial charge in [-0.2, -0.15) is 0 Å². The molecular formula is C23H33N3O4. The Kier molecular flexibility index (Phi) is 6.58. The first-order chi connectivity index (χ1) is 14.6. The molecule has 30 heavy (non-hydrogen) atoms. The SMILES string of the molecule is COc1cccc(N2C[C@@H](C(=O)NCC3(N4CCOCC4)CCCCC3)CC2=O)c1. The van der Waals surface area contributed by atoms with Crippen LogP contribution in [-0.4, -0.2) is 68.8 Å². The molecular weight excluding hydrogens is 382 g/mol. The Morgan fingerprint density at radius 1 is 1.23 bits per heavy atom. The predicted octanol–water partition coefficient (Wildman–Crippen LogP) is 2.20. The van der Waals surface area contributed by atoms with Gasteiger partial charge in [-0.15, -0.1) is 0 Å². The number of benzene rings is 1. The van der Waals surface area contributed by atoms with E-state index in [-0.39, 0.29) is 29.7 Å². The molecule has 2 amide bonds. The number of nitrogens with one attached hydrogen (secondary N) is 1. The van der Waals surface area contributed by atoms with E-state index in [9.17, 15) is 9.59 Å². The first-order valence-corrected chi connectivity index (χ1v) is 11.2. The minimum atomic E-state index is -0.311. The highest BCUT2D eigenvalue weighted by Crippen LogP contribution is 2.34. The molecule has 7 heteroatoms. The number of ether oxygens (including phenoxy) is 2. The van der Waals surface area contributed by atoms with Crippen LogP contribution in [0.1, 0.15) is 38.5 Å². The first-order valence-electron chi connectivity index (χ1n) is 11.2. The second kappa shape index (κ2) is 9.35. The molecule has 7 nitrogen and oxygen atoms in total.